The molecule has 1 aliphatic heterocycles. The van der Waals surface area contributed by atoms with E-state index < -0.39 is 5.97 Å². The van der Waals surface area contributed by atoms with Crippen molar-refractivity contribution >= 4 is 11.7 Å². The minimum Gasteiger partial charge on any atom is -0.493 e. The molecule has 2 rings (SSSR count). The number of benzene rings is 1. The maximum Gasteiger partial charge on any atom is 0.303 e. The second-order valence-corrected chi connectivity index (χ2v) is 4.32. The number of carboxylic acid groups (broad SMARTS) is 1. The third-order valence-electron chi connectivity index (χ3n) is 2.81. The highest BCUT2D eigenvalue weighted by Crippen LogP contribution is 2.24. The molecule has 1 aromatic carbocycles. The summed E-state index contributed by atoms with van der Waals surface area (Å²) in [5.74, 6) is 0.0114. The minimum absolute atomic E-state index is 0.102. The van der Waals surface area contributed by atoms with E-state index in [2.05, 4.69) is 5.16 Å². The zero-order valence-electron chi connectivity index (χ0n) is 10.7. The lowest BCUT2D eigenvalue weighted by molar-refractivity contribution is -0.137. The van der Waals surface area contributed by atoms with Crippen LogP contribution in [0.4, 0.5) is 0 Å². The van der Waals surface area contributed by atoms with Crippen LogP contribution >= 0.6 is 0 Å². The molecule has 0 amide bonds. The van der Waals surface area contributed by atoms with E-state index in [4.69, 9.17) is 14.7 Å². The smallest absolute Gasteiger partial charge is 0.303 e. The fourth-order valence-electron chi connectivity index (χ4n) is 1.89. The second-order valence-electron chi connectivity index (χ2n) is 4.32. The van der Waals surface area contributed by atoms with E-state index in [0.29, 0.717) is 19.6 Å². The molecule has 0 fully saturated rings. The van der Waals surface area contributed by atoms with E-state index >= 15 is 0 Å². The Labute approximate surface area is 111 Å². The number of hydrogen-bond acceptors (Lipinski definition) is 4. The number of fused-ring (bicyclic) bond motifs is 1. The molecule has 1 heterocycles. The minimum atomic E-state index is -0.815. The van der Waals surface area contributed by atoms with Crippen LogP contribution in [-0.2, 0) is 9.63 Å². The standard InChI is InChI=1S/C14H17NO4/c16-14(17)8-4-10-19-15-12-6-3-9-18-13-7-2-1-5-11(12)13/h1-2,5,7H,3-4,6,8-10H2,(H,16,17)/b15-12-. The molecule has 0 unspecified atom stereocenters. The molecule has 0 aromatic heterocycles. The topological polar surface area (TPSA) is 68.1 Å². The van der Waals surface area contributed by atoms with Crippen LogP contribution in [-0.4, -0.2) is 30.0 Å². The van der Waals surface area contributed by atoms with E-state index in [9.17, 15) is 4.79 Å². The SMILES string of the molecule is O=C(O)CCCO/N=C1/CCCOc2ccccc21. The monoisotopic (exact) mass is 263 g/mol. The maximum absolute atomic E-state index is 10.4. The first-order valence-corrected chi connectivity index (χ1v) is 6.40. The molecule has 1 N–H and O–H groups in total. The summed E-state index contributed by atoms with van der Waals surface area (Å²) in [5, 5.41) is 12.6. The average molecular weight is 263 g/mol. The molecular weight excluding hydrogens is 246 g/mol. The van der Waals surface area contributed by atoms with Gasteiger partial charge in [-0.3, -0.25) is 4.79 Å². The van der Waals surface area contributed by atoms with Gasteiger partial charge in [0.15, 0.2) is 0 Å². The highest BCUT2D eigenvalue weighted by Gasteiger charge is 2.14. The van der Waals surface area contributed by atoms with Crippen molar-refractivity contribution in [1.82, 2.24) is 0 Å². The predicted molar refractivity (Wildman–Crippen MR) is 70.5 cm³/mol. The van der Waals surface area contributed by atoms with Crippen molar-refractivity contribution in [2.45, 2.75) is 25.7 Å². The molecule has 1 aromatic rings. The Hall–Kier alpha value is -2.04. The number of aliphatic carboxylic acids is 1. The molecule has 19 heavy (non-hydrogen) atoms. The average Bonchev–Trinajstić information content (AvgIpc) is 2.61. The fraction of sp³-hybridized carbons (Fsp3) is 0.429. The summed E-state index contributed by atoms with van der Waals surface area (Å²) >= 11 is 0. The molecule has 0 radical (unpaired) electrons. The molecule has 5 nitrogen and oxygen atoms in total. The van der Waals surface area contributed by atoms with Gasteiger partial charge in [-0.2, -0.15) is 0 Å². The lowest BCUT2D eigenvalue weighted by Crippen LogP contribution is -2.03. The van der Waals surface area contributed by atoms with Crippen molar-refractivity contribution in [3.05, 3.63) is 29.8 Å². The molecule has 1 aliphatic rings. The van der Waals surface area contributed by atoms with E-state index in [0.717, 1.165) is 29.9 Å². The Morgan fingerprint density at radius 1 is 1.42 bits per heavy atom. The van der Waals surface area contributed by atoms with Gasteiger partial charge in [0.1, 0.15) is 12.4 Å². The number of para-hydroxylation sites is 1. The summed E-state index contributed by atoms with van der Waals surface area (Å²) in [6.07, 6.45) is 2.26. The summed E-state index contributed by atoms with van der Waals surface area (Å²) in [7, 11) is 0. The molecular formula is C14H17NO4. The number of nitrogens with zero attached hydrogens (tertiary/aromatic N) is 1. The molecule has 0 atom stereocenters. The molecule has 0 saturated heterocycles. The Kier molecular flexibility index (Phi) is 4.78. The summed E-state index contributed by atoms with van der Waals surface area (Å²) in [5.41, 5.74) is 1.82. The summed E-state index contributed by atoms with van der Waals surface area (Å²) in [6.45, 7) is 0.994. The Morgan fingerprint density at radius 3 is 3.11 bits per heavy atom. The van der Waals surface area contributed by atoms with E-state index in [1.165, 1.54) is 0 Å². The quantitative estimate of drug-likeness (QED) is 0.654. The van der Waals surface area contributed by atoms with Crippen molar-refractivity contribution in [2.24, 2.45) is 5.16 Å². The van der Waals surface area contributed by atoms with Crippen molar-refractivity contribution < 1.29 is 19.5 Å². The molecule has 0 aliphatic carbocycles. The zero-order valence-corrected chi connectivity index (χ0v) is 10.7. The van der Waals surface area contributed by atoms with Crippen LogP contribution in [0.25, 0.3) is 0 Å². The number of ether oxygens (including phenoxy) is 1. The zero-order chi connectivity index (χ0) is 13.5. The largest absolute Gasteiger partial charge is 0.493 e. The molecule has 0 saturated carbocycles. The van der Waals surface area contributed by atoms with Crippen LogP contribution in [0.3, 0.4) is 0 Å². The van der Waals surface area contributed by atoms with Crippen molar-refractivity contribution in [2.75, 3.05) is 13.2 Å². The number of hydrogen-bond donors (Lipinski definition) is 1. The van der Waals surface area contributed by atoms with Crippen molar-refractivity contribution in [3.63, 3.8) is 0 Å². The van der Waals surface area contributed by atoms with Gasteiger partial charge in [-0.25, -0.2) is 0 Å². The van der Waals surface area contributed by atoms with Gasteiger partial charge in [0.2, 0.25) is 0 Å². The number of carboxylic acids is 1. The number of rotatable bonds is 5. The molecule has 0 spiro atoms. The molecule has 102 valence electrons. The van der Waals surface area contributed by atoms with Crippen LogP contribution in [0.15, 0.2) is 29.4 Å². The molecule has 5 heteroatoms. The van der Waals surface area contributed by atoms with Crippen LogP contribution in [0.5, 0.6) is 5.75 Å². The normalized spacial score (nSPS) is 16.3. The number of oxime groups is 1. The van der Waals surface area contributed by atoms with E-state index in [1.54, 1.807) is 0 Å². The summed E-state index contributed by atoms with van der Waals surface area (Å²) in [6, 6.07) is 7.74. The first kappa shape index (κ1) is 13.4. The summed E-state index contributed by atoms with van der Waals surface area (Å²) in [4.78, 5) is 15.6. The van der Waals surface area contributed by atoms with E-state index in [1.807, 2.05) is 24.3 Å². The van der Waals surface area contributed by atoms with Crippen molar-refractivity contribution in [1.29, 1.82) is 0 Å². The lowest BCUT2D eigenvalue weighted by Gasteiger charge is -2.07. The number of carbonyl (C=O) groups is 1. The van der Waals surface area contributed by atoms with Crippen LogP contribution in [0.2, 0.25) is 0 Å². The highest BCUT2D eigenvalue weighted by atomic mass is 16.6. The van der Waals surface area contributed by atoms with Crippen LogP contribution in [0.1, 0.15) is 31.2 Å². The van der Waals surface area contributed by atoms with Gasteiger partial charge in [-0.05, 0) is 31.4 Å². The Morgan fingerprint density at radius 2 is 2.26 bits per heavy atom. The molecule has 0 bridgehead atoms. The maximum atomic E-state index is 10.4. The summed E-state index contributed by atoms with van der Waals surface area (Å²) < 4.78 is 5.62. The van der Waals surface area contributed by atoms with Gasteiger partial charge in [0, 0.05) is 12.0 Å². The van der Waals surface area contributed by atoms with Gasteiger partial charge in [0.25, 0.3) is 0 Å². The Bertz CT molecular complexity index is 470. The third-order valence-corrected chi connectivity index (χ3v) is 2.81. The van der Waals surface area contributed by atoms with Gasteiger partial charge in [0.05, 0.1) is 12.3 Å². The first-order valence-electron chi connectivity index (χ1n) is 6.40. The van der Waals surface area contributed by atoms with Gasteiger partial charge < -0.3 is 14.7 Å². The third kappa shape index (κ3) is 3.98. The first-order chi connectivity index (χ1) is 9.27. The van der Waals surface area contributed by atoms with Gasteiger partial charge in [-0.15, -0.1) is 0 Å². The highest BCUT2D eigenvalue weighted by molar-refractivity contribution is 6.02. The van der Waals surface area contributed by atoms with Crippen LogP contribution in [0, 0.1) is 0 Å². The lowest BCUT2D eigenvalue weighted by atomic mass is 10.1. The van der Waals surface area contributed by atoms with Crippen molar-refractivity contribution in [3.8, 4) is 5.75 Å². The van der Waals surface area contributed by atoms with Crippen LogP contribution < -0.4 is 4.74 Å². The fourth-order valence-corrected chi connectivity index (χ4v) is 1.89. The van der Waals surface area contributed by atoms with Gasteiger partial charge >= 0.3 is 5.97 Å². The van der Waals surface area contributed by atoms with E-state index in [-0.39, 0.29) is 6.42 Å². The Balaban J connectivity index is 1.97. The predicted octanol–water partition coefficient (Wildman–Crippen LogP) is 2.44. The second kappa shape index (κ2) is 6.78. The van der Waals surface area contributed by atoms with Gasteiger partial charge in [-0.1, -0.05) is 17.3 Å².